The van der Waals surface area contributed by atoms with Gasteiger partial charge in [0.15, 0.2) is 0 Å². The molecule has 124 valence electrons. The van der Waals surface area contributed by atoms with E-state index in [-0.39, 0.29) is 18.2 Å². The third kappa shape index (κ3) is 4.49. The van der Waals surface area contributed by atoms with Gasteiger partial charge in [-0.05, 0) is 37.5 Å². The molecule has 2 saturated carbocycles. The monoisotopic (exact) mass is 344 g/mol. The minimum atomic E-state index is -3.23. The van der Waals surface area contributed by atoms with E-state index in [4.69, 9.17) is 0 Å². The number of sulfonamides is 1. The molecule has 0 spiro atoms. The first-order chi connectivity index (χ1) is 10.6. The van der Waals surface area contributed by atoms with Gasteiger partial charge in [0.1, 0.15) is 0 Å². The zero-order chi connectivity index (χ0) is 15.6. The van der Waals surface area contributed by atoms with Crippen LogP contribution in [0.4, 0.5) is 0 Å². The minimum Gasteiger partial charge on any atom is -0.351 e. The van der Waals surface area contributed by atoms with Crippen molar-refractivity contribution >= 4 is 27.7 Å². The number of hydrogen-bond donors (Lipinski definition) is 1. The average molecular weight is 345 g/mol. The highest BCUT2D eigenvalue weighted by Crippen LogP contribution is 2.48. The molecule has 1 heterocycles. The first kappa shape index (κ1) is 16.3. The van der Waals surface area contributed by atoms with Crippen molar-refractivity contribution in [2.24, 2.45) is 11.8 Å². The van der Waals surface area contributed by atoms with Crippen LogP contribution in [-0.4, -0.2) is 55.5 Å². The number of carbonyl (C=O) groups is 1. The van der Waals surface area contributed by atoms with Gasteiger partial charge in [-0.2, -0.15) is 11.8 Å². The lowest BCUT2D eigenvalue weighted by Crippen LogP contribution is -2.41. The molecule has 1 aliphatic heterocycles. The van der Waals surface area contributed by atoms with Crippen molar-refractivity contribution in [3.63, 3.8) is 0 Å². The van der Waals surface area contributed by atoms with Gasteiger partial charge in [0.2, 0.25) is 15.9 Å². The van der Waals surface area contributed by atoms with Crippen molar-refractivity contribution in [2.45, 2.75) is 25.7 Å². The predicted molar refractivity (Wildman–Crippen MR) is 89.2 cm³/mol. The number of hydrogen-bond acceptors (Lipinski definition) is 4. The van der Waals surface area contributed by atoms with E-state index in [1.54, 1.807) is 22.1 Å². The summed E-state index contributed by atoms with van der Waals surface area (Å²) in [4.78, 5) is 12.0. The fraction of sp³-hybridized carbons (Fsp3) is 0.800. The highest BCUT2D eigenvalue weighted by atomic mass is 32.2. The van der Waals surface area contributed by atoms with Gasteiger partial charge in [-0.15, -0.1) is 0 Å². The quantitative estimate of drug-likeness (QED) is 0.706. The maximum Gasteiger partial charge on any atom is 0.243 e. The molecule has 0 atom stereocenters. The topological polar surface area (TPSA) is 66.5 Å². The number of rotatable bonds is 7. The van der Waals surface area contributed by atoms with Crippen LogP contribution in [0.25, 0.3) is 0 Å². The van der Waals surface area contributed by atoms with E-state index in [1.165, 1.54) is 31.3 Å². The van der Waals surface area contributed by atoms with Crippen LogP contribution in [0.3, 0.4) is 0 Å². The Morgan fingerprint density at radius 2 is 1.73 bits per heavy atom. The van der Waals surface area contributed by atoms with Crippen LogP contribution < -0.4 is 5.32 Å². The van der Waals surface area contributed by atoms with Crippen molar-refractivity contribution < 1.29 is 13.2 Å². The van der Waals surface area contributed by atoms with Crippen molar-refractivity contribution in [2.75, 3.05) is 36.9 Å². The van der Waals surface area contributed by atoms with Crippen LogP contribution in [-0.2, 0) is 14.8 Å². The average Bonchev–Trinajstić information content (AvgIpc) is 3.39. The second kappa shape index (κ2) is 6.93. The summed E-state index contributed by atoms with van der Waals surface area (Å²) in [7, 11) is -3.23. The third-order valence-corrected chi connectivity index (χ3v) is 7.23. The number of nitrogens with zero attached hydrogens (tertiary/aromatic N) is 1. The van der Waals surface area contributed by atoms with Gasteiger partial charge in [0.25, 0.3) is 0 Å². The summed E-state index contributed by atoms with van der Waals surface area (Å²) < 4.78 is 25.9. The fourth-order valence-electron chi connectivity index (χ4n) is 2.86. The highest BCUT2D eigenvalue weighted by molar-refractivity contribution is 7.99. The van der Waals surface area contributed by atoms with E-state index in [0.717, 1.165) is 11.5 Å². The molecule has 0 bridgehead atoms. The maximum atomic E-state index is 12.2. The van der Waals surface area contributed by atoms with Crippen molar-refractivity contribution in [1.82, 2.24) is 9.62 Å². The van der Waals surface area contributed by atoms with E-state index in [2.05, 4.69) is 5.32 Å². The molecular formula is C15H24N2O3S2. The molecule has 1 saturated heterocycles. The molecule has 2 aliphatic carbocycles. The van der Waals surface area contributed by atoms with E-state index in [9.17, 15) is 13.2 Å². The van der Waals surface area contributed by atoms with Gasteiger partial charge in [-0.1, -0.05) is 5.57 Å². The van der Waals surface area contributed by atoms with Crippen LogP contribution in [0.1, 0.15) is 25.7 Å². The van der Waals surface area contributed by atoms with Gasteiger partial charge >= 0.3 is 0 Å². The summed E-state index contributed by atoms with van der Waals surface area (Å²) in [5.74, 6) is 2.83. The van der Waals surface area contributed by atoms with Gasteiger partial charge in [-0.25, -0.2) is 12.7 Å². The Bertz CT molecular complexity index is 531. The molecule has 0 unspecified atom stereocenters. The minimum absolute atomic E-state index is 0.000558. The lowest BCUT2D eigenvalue weighted by Gasteiger charge is -2.25. The van der Waals surface area contributed by atoms with Crippen molar-refractivity contribution in [3.05, 3.63) is 11.6 Å². The summed E-state index contributed by atoms with van der Waals surface area (Å²) in [6.07, 6.45) is 6.56. The van der Waals surface area contributed by atoms with E-state index >= 15 is 0 Å². The van der Waals surface area contributed by atoms with E-state index in [0.29, 0.717) is 24.9 Å². The maximum absolute atomic E-state index is 12.2. The van der Waals surface area contributed by atoms with Crippen LogP contribution in [0, 0.1) is 11.8 Å². The van der Waals surface area contributed by atoms with Crippen molar-refractivity contribution in [3.8, 4) is 0 Å². The lowest BCUT2D eigenvalue weighted by molar-refractivity contribution is -0.116. The first-order valence-corrected chi connectivity index (χ1v) is 10.9. The fourth-order valence-corrected chi connectivity index (χ4v) is 5.35. The smallest absolute Gasteiger partial charge is 0.243 e. The summed E-state index contributed by atoms with van der Waals surface area (Å²) in [6, 6.07) is 0. The Morgan fingerprint density at radius 3 is 2.27 bits per heavy atom. The molecule has 5 nitrogen and oxygen atoms in total. The van der Waals surface area contributed by atoms with Gasteiger partial charge in [0, 0.05) is 37.2 Å². The van der Waals surface area contributed by atoms with Crippen molar-refractivity contribution in [1.29, 1.82) is 0 Å². The second-order valence-electron chi connectivity index (χ2n) is 6.31. The second-order valence-corrected chi connectivity index (χ2v) is 9.62. The first-order valence-electron chi connectivity index (χ1n) is 8.11. The summed E-state index contributed by atoms with van der Waals surface area (Å²) >= 11 is 1.78. The summed E-state index contributed by atoms with van der Waals surface area (Å²) in [5, 5.41) is 2.75. The Balaban J connectivity index is 1.45. The third-order valence-electron chi connectivity index (χ3n) is 4.42. The van der Waals surface area contributed by atoms with Gasteiger partial charge in [0.05, 0.1) is 5.75 Å². The number of nitrogens with one attached hydrogen (secondary N) is 1. The molecule has 3 rings (SSSR count). The molecule has 1 amide bonds. The zero-order valence-corrected chi connectivity index (χ0v) is 14.4. The SMILES string of the molecule is O=C(C=C(C1CC1)C1CC1)NCCS(=O)(=O)N1CCSCC1. The molecule has 3 aliphatic rings. The molecule has 7 heteroatoms. The van der Waals surface area contributed by atoms with Crippen LogP contribution >= 0.6 is 11.8 Å². The molecule has 0 radical (unpaired) electrons. The molecule has 22 heavy (non-hydrogen) atoms. The lowest BCUT2D eigenvalue weighted by atomic mass is 10.1. The Kier molecular flexibility index (Phi) is 5.14. The summed E-state index contributed by atoms with van der Waals surface area (Å²) in [6.45, 7) is 1.38. The number of carbonyl (C=O) groups excluding carboxylic acids is 1. The predicted octanol–water partition coefficient (Wildman–Crippen LogP) is 1.23. The van der Waals surface area contributed by atoms with E-state index in [1.807, 2.05) is 0 Å². The van der Waals surface area contributed by atoms with Gasteiger partial charge < -0.3 is 5.32 Å². The number of amides is 1. The standard InChI is InChI=1S/C15H24N2O3S2/c18-15(11-14(12-1-2-12)13-3-4-13)16-5-10-22(19,20)17-6-8-21-9-7-17/h11-13H,1-10H2,(H,16,18). The van der Waals surface area contributed by atoms with E-state index < -0.39 is 10.0 Å². The Morgan fingerprint density at radius 1 is 1.14 bits per heavy atom. The Labute approximate surface area is 136 Å². The molecular weight excluding hydrogens is 320 g/mol. The van der Waals surface area contributed by atoms with Crippen LogP contribution in [0.15, 0.2) is 11.6 Å². The molecule has 0 aromatic carbocycles. The molecule has 0 aromatic heterocycles. The zero-order valence-electron chi connectivity index (χ0n) is 12.8. The largest absolute Gasteiger partial charge is 0.351 e. The highest BCUT2D eigenvalue weighted by Gasteiger charge is 2.36. The van der Waals surface area contributed by atoms with Gasteiger partial charge in [-0.3, -0.25) is 4.79 Å². The van der Waals surface area contributed by atoms with Crippen LogP contribution in [0.2, 0.25) is 0 Å². The molecule has 3 fully saturated rings. The molecule has 1 N–H and O–H groups in total. The summed E-state index contributed by atoms with van der Waals surface area (Å²) in [5.41, 5.74) is 1.30. The Hall–Kier alpha value is -0.530. The van der Waals surface area contributed by atoms with Crippen LogP contribution in [0.5, 0.6) is 0 Å². The normalized spacial score (nSPS) is 23.1. The number of thioether (sulfide) groups is 1. The molecule has 0 aromatic rings. The number of allylic oxidation sites excluding steroid dienone is 1.